The van der Waals surface area contributed by atoms with E-state index in [2.05, 4.69) is 0 Å². The van der Waals surface area contributed by atoms with E-state index in [0.717, 1.165) is 38.1 Å². The first-order valence-corrected chi connectivity index (χ1v) is 8.47. The van der Waals surface area contributed by atoms with Gasteiger partial charge in [-0.2, -0.15) is 0 Å². The van der Waals surface area contributed by atoms with Gasteiger partial charge in [-0.15, -0.1) is 23.4 Å². The second kappa shape index (κ2) is 7.61. The molecule has 0 aliphatic carbocycles. The van der Waals surface area contributed by atoms with Gasteiger partial charge < -0.3 is 9.64 Å². The number of rotatable bonds is 4. The predicted molar refractivity (Wildman–Crippen MR) is 76.4 cm³/mol. The number of likely N-dealkylation sites (tertiary alicyclic amines) is 1. The average Bonchev–Trinajstić information content (AvgIpc) is 2.46. The highest BCUT2D eigenvalue weighted by atomic mass is 35.5. The van der Waals surface area contributed by atoms with E-state index in [9.17, 15) is 4.79 Å². The van der Waals surface area contributed by atoms with Crippen LogP contribution in [0.15, 0.2) is 0 Å². The van der Waals surface area contributed by atoms with Crippen LogP contribution in [-0.2, 0) is 9.53 Å². The van der Waals surface area contributed by atoms with Crippen LogP contribution in [0.25, 0.3) is 0 Å². The lowest BCUT2D eigenvalue weighted by molar-refractivity contribution is -0.133. The minimum absolute atomic E-state index is 0.221. The molecule has 2 aliphatic heterocycles. The van der Waals surface area contributed by atoms with Crippen LogP contribution >= 0.6 is 23.4 Å². The van der Waals surface area contributed by atoms with Gasteiger partial charge in [-0.3, -0.25) is 4.79 Å². The topological polar surface area (TPSA) is 29.5 Å². The molecule has 0 aromatic carbocycles. The van der Waals surface area contributed by atoms with Gasteiger partial charge in [0.15, 0.2) is 0 Å². The Balaban J connectivity index is 1.73. The van der Waals surface area contributed by atoms with E-state index in [-0.39, 0.29) is 5.25 Å². The maximum atomic E-state index is 12.3. The van der Waals surface area contributed by atoms with Crippen LogP contribution in [0.4, 0.5) is 0 Å². The van der Waals surface area contributed by atoms with Crippen molar-refractivity contribution in [2.75, 3.05) is 31.3 Å². The molecule has 2 saturated heterocycles. The summed E-state index contributed by atoms with van der Waals surface area (Å²) in [5.74, 6) is 2.05. The van der Waals surface area contributed by atoms with Crippen molar-refractivity contribution >= 4 is 29.3 Å². The maximum Gasteiger partial charge on any atom is 0.235 e. The molecule has 104 valence electrons. The second-order valence-electron chi connectivity index (χ2n) is 4.94. The van der Waals surface area contributed by atoms with E-state index in [1.54, 1.807) is 0 Å². The Bertz CT molecular complexity index is 264. The van der Waals surface area contributed by atoms with Crippen molar-refractivity contribution in [3.05, 3.63) is 0 Å². The van der Waals surface area contributed by atoms with Gasteiger partial charge in [0.1, 0.15) is 0 Å². The standard InChI is InChI=1S/C13H22ClNO2S/c14-6-9-17-11-4-7-15(8-5-11)13(16)12-3-1-2-10-18-12/h11-12H,1-10H2. The third-order valence-corrected chi connectivity index (χ3v) is 5.16. The van der Waals surface area contributed by atoms with E-state index in [1.165, 1.54) is 12.8 Å². The van der Waals surface area contributed by atoms with Gasteiger partial charge in [0.05, 0.1) is 18.0 Å². The highest BCUT2D eigenvalue weighted by molar-refractivity contribution is 8.00. The molecule has 0 aromatic heterocycles. The summed E-state index contributed by atoms with van der Waals surface area (Å²) in [7, 11) is 0. The number of amides is 1. The lowest BCUT2D eigenvalue weighted by atomic mass is 10.1. The number of piperidine rings is 1. The summed E-state index contributed by atoms with van der Waals surface area (Å²) >= 11 is 7.45. The molecule has 2 heterocycles. The molecule has 0 spiro atoms. The molecule has 0 bridgehead atoms. The maximum absolute atomic E-state index is 12.3. The van der Waals surface area contributed by atoms with Crippen molar-refractivity contribution in [2.24, 2.45) is 0 Å². The number of nitrogens with zero attached hydrogens (tertiary/aromatic N) is 1. The Hall–Kier alpha value is 0.0700. The lowest BCUT2D eigenvalue weighted by Crippen LogP contribution is -2.45. The van der Waals surface area contributed by atoms with Crippen molar-refractivity contribution in [3.63, 3.8) is 0 Å². The van der Waals surface area contributed by atoms with Crippen molar-refractivity contribution in [1.29, 1.82) is 0 Å². The number of thioether (sulfide) groups is 1. The SMILES string of the molecule is O=C(C1CCCCS1)N1CCC(OCCCl)CC1. The Morgan fingerprint density at radius 2 is 2.06 bits per heavy atom. The zero-order valence-corrected chi connectivity index (χ0v) is 12.3. The van der Waals surface area contributed by atoms with E-state index in [1.807, 2.05) is 16.7 Å². The third kappa shape index (κ3) is 4.04. The molecular weight excluding hydrogens is 270 g/mol. The van der Waals surface area contributed by atoms with E-state index >= 15 is 0 Å². The summed E-state index contributed by atoms with van der Waals surface area (Å²) in [6.45, 7) is 2.32. The number of hydrogen-bond donors (Lipinski definition) is 0. The molecule has 0 N–H and O–H groups in total. The fourth-order valence-corrected chi connectivity index (χ4v) is 3.96. The normalized spacial score (nSPS) is 26.3. The second-order valence-corrected chi connectivity index (χ2v) is 6.63. The number of ether oxygens (including phenoxy) is 1. The van der Waals surface area contributed by atoms with E-state index in [4.69, 9.17) is 16.3 Å². The Morgan fingerprint density at radius 1 is 1.28 bits per heavy atom. The fourth-order valence-electron chi connectivity index (χ4n) is 2.59. The van der Waals surface area contributed by atoms with Gasteiger partial charge in [0.2, 0.25) is 5.91 Å². The van der Waals surface area contributed by atoms with Crippen LogP contribution in [0.1, 0.15) is 32.1 Å². The summed E-state index contributed by atoms with van der Waals surface area (Å²) in [6.07, 6.45) is 5.75. The largest absolute Gasteiger partial charge is 0.377 e. The Kier molecular flexibility index (Phi) is 6.12. The molecule has 2 rings (SSSR count). The molecule has 1 atom stereocenters. The van der Waals surface area contributed by atoms with Crippen LogP contribution in [0.2, 0.25) is 0 Å². The third-order valence-electron chi connectivity index (χ3n) is 3.64. The molecule has 1 amide bonds. The van der Waals surface area contributed by atoms with Crippen LogP contribution < -0.4 is 0 Å². The van der Waals surface area contributed by atoms with Gasteiger partial charge in [-0.25, -0.2) is 0 Å². The van der Waals surface area contributed by atoms with Gasteiger partial charge in [0, 0.05) is 19.0 Å². The van der Waals surface area contributed by atoms with E-state index < -0.39 is 0 Å². The highest BCUT2D eigenvalue weighted by Gasteiger charge is 2.29. The highest BCUT2D eigenvalue weighted by Crippen LogP contribution is 2.27. The van der Waals surface area contributed by atoms with Gasteiger partial charge in [-0.1, -0.05) is 6.42 Å². The van der Waals surface area contributed by atoms with Crippen LogP contribution in [0.3, 0.4) is 0 Å². The van der Waals surface area contributed by atoms with Crippen LogP contribution in [-0.4, -0.2) is 53.5 Å². The molecule has 0 saturated carbocycles. The smallest absolute Gasteiger partial charge is 0.235 e. The molecular formula is C13H22ClNO2S. The number of hydrogen-bond acceptors (Lipinski definition) is 3. The molecule has 18 heavy (non-hydrogen) atoms. The zero-order chi connectivity index (χ0) is 12.8. The molecule has 0 aromatic rings. The zero-order valence-electron chi connectivity index (χ0n) is 10.8. The Labute approximate surface area is 119 Å². The quantitative estimate of drug-likeness (QED) is 0.746. The van der Waals surface area contributed by atoms with Gasteiger partial charge >= 0.3 is 0 Å². The van der Waals surface area contributed by atoms with Crippen molar-refractivity contribution in [3.8, 4) is 0 Å². The molecule has 2 aliphatic rings. The van der Waals surface area contributed by atoms with Gasteiger partial charge in [0.25, 0.3) is 0 Å². The molecule has 2 fully saturated rings. The summed E-state index contributed by atoms with van der Waals surface area (Å²) in [5, 5.41) is 0.221. The van der Waals surface area contributed by atoms with Crippen molar-refractivity contribution < 1.29 is 9.53 Å². The number of carbonyl (C=O) groups excluding carboxylic acids is 1. The van der Waals surface area contributed by atoms with Gasteiger partial charge in [-0.05, 0) is 31.4 Å². The lowest BCUT2D eigenvalue weighted by Gasteiger charge is -2.34. The van der Waals surface area contributed by atoms with Crippen molar-refractivity contribution in [2.45, 2.75) is 43.5 Å². The number of halogens is 1. The van der Waals surface area contributed by atoms with Crippen LogP contribution in [0, 0.1) is 0 Å². The first-order valence-electron chi connectivity index (χ1n) is 6.89. The number of carbonyl (C=O) groups is 1. The minimum atomic E-state index is 0.221. The molecule has 1 unspecified atom stereocenters. The van der Waals surface area contributed by atoms with Crippen molar-refractivity contribution in [1.82, 2.24) is 4.90 Å². The summed E-state index contributed by atoms with van der Waals surface area (Å²) < 4.78 is 5.63. The summed E-state index contributed by atoms with van der Waals surface area (Å²) in [4.78, 5) is 14.3. The Morgan fingerprint density at radius 3 is 2.67 bits per heavy atom. The van der Waals surface area contributed by atoms with E-state index in [0.29, 0.717) is 24.5 Å². The first kappa shape index (κ1) is 14.5. The predicted octanol–water partition coefficient (Wildman–Crippen LogP) is 2.52. The summed E-state index contributed by atoms with van der Waals surface area (Å²) in [5.41, 5.74) is 0. The molecule has 0 radical (unpaired) electrons. The number of alkyl halides is 1. The molecule has 3 nitrogen and oxygen atoms in total. The van der Waals surface area contributed by atoms with Crippen LogP contribution in [0.5, 0.6) is 0 Å². The average molecular weight is 292 g/mol. The summed E-state index contributed by atoms with van der Waals surface area (Å²) in [6, 6.07) is 0. The monoisotopic (exact) mass is 291 g/mol. The fraction of sp³-hybridized carbons (Fsp3) is 0.923. The molecule has 5 heteroatoms. The first-order chi connectivity index (χ1) is 8.81. The minimum Gasteiger partial charge on any atom is -0.377 e.